The number of nitrogens with one attached hydrogen (secondary N) is 2. The molecule has 3 aromatic rings. The molecule has 0 aromatic heterocycles. The van der Waals surface area contributed by atoms with Gasteiger partial charge in [-0.15, -0.1) is 0 Å². The number of aromatic hydroxyl groups is 2. The van der Waals surface area contributed by atoms with Crippen molar-refractivity contribution in [1.29, 1.82) is 0 Å². The first kappa shape index (κ1) is 27.2. The van der Waals surface area contributed by atoms with Crippen molar-refractivity contribution in [1.82, 2.24) is 10.6 Å². The van der Waals surface area contributed by atoms with Crippen LogP contribution in [0, 0.1) is 0 Å². The molecular formula is C29H36N2O5. The minimum Gasteiger partial charge on any atom is -0.508 e. The van der Waals surface area contributed by atoms with Gasteiger partial charge in [-0.2, -0.15) is 0 Å². The second-order valence-corrected chi connectivity index (χ2v) is 9.87. The van der Waals surface area contributed by atoms with Crippen LogP contribution in [0.2, 0.25) is 0 Å². The van der Waals surface area contributed by atoms with E-state index in [0.717, 1.165) is 16.7 Å². The summed E-state index contributed by atoms with van der Waals surface area (Å²) in [4.78, 5) is 12.6. The molecule has 0 radical (unpaired) electrons. The third kappa shape index (κ3) is 8.68. The van der Waals surface area contributed by atoms with Crippen LogP contribution in [0.15, 0.2) is 72.8 Å². The molecule has 0 bridgehead atoms. The summed E-state index contributed by atoms with van der Waals surface area (Å²) in [5.41, 5.74) is 3.05. The predicted octanol–water partition coefficient (Wildman–Crippen LogP) is 3.00. The largest absolute Gasteiger partial charge is 0.508 e. The van der Waals surface area contributed by atoms with E-state index in [0.29, 0.717) is 18.4 Å². The molecule has 6 N–H and O–H groups in total. The number of hydrogen-bond donors (Lipinski definition) is 6. The van der Waals surface area contributed by atoms with Crippen molar-refractivity contribution in [3.63, 3.8) is 0 Å². The molecule has 2 atom stereocenters. The second-order valence-electron chi connectivity index (χ2n) is 9.87. The number of benzene rings is 3. The quantitative estimate of drug-likeness (QED) is 0.231. The first-order chi connectivity index (χ1) is 17.1. The molecule has 7 nitrogen and oxygen atoms in total. The minimum atomic E-state index is -0.896. The van der Waals surface area contributed by atoms with Gasteiger partial charge in [0.1, 0.15) is 11.5 Å². The molecule has 1 unspecified atom stereocenters. The standard InChI is InChI=1S/C29H36N2O5/c1-29(2,30-18-27(35)23-14-25(33)16-26(34)15-23)17-22-10-6-9-21(11-22)13-28(36)31-24(19-32)12-20-7-4-3-5-8-20/h3-11,14-16,24,27,30,32-35H,12-13,17-19H2,1-2H3,(H,31,36)/t24-,27?/m1/s1. The molecule has 3 aromatic carbocycles. The molecule has 36 heavy (non-hydrogen) atoms. The predicted molar refractivity (Wildman–Crippen MR) is 140 cm³/mol. The molecule has 192 valence electrons. The van der Waals surface area contributed by atoms with E-state index in [-0.39, 0.29) is 48.6 Å². The Balaban J connectivity index is 1.54. The van der Waals surface area contributed by atoms with E-state index in [1.807, 2.05) is 68.4 Å². The molecule has 7 heteroatoms. The zero-order chi connectivity index (χ0) is 26.1. The Kier molecular flexibility index (Phi) is 9.47. The van der Waals surface area contributed by atoms with E-state index in [4.69, 9.17) is 0 Å². The molecule has 0 aliphatic heterocycles. The van der Waals surface area contributed by atoms with Crippen LogP contribution in [0.25, 0.3) is 0 Å². The second kappa shape index (κ2) is 12.5. The SMILES string of the molecule is CC(C)(Cc1cccc(CC(=O)N[C@@H](CO)Cc2ccccc2)c1)NCC(O)c1cc(O)cc(O)c1. The number of hydrogen-bond acceptors (Lipinski definition) is 6. The average Bonchev–Trinajstić information content (AvgIpc) is 2.82. The van der Waals surface area contributed by atoms with Crippen LogP contribution >= 0.6 is 0 Å². The van der Waals surface area contributed by atoms with Crippen molar-refractivity contribution in [2.45, 2.75) is 50.8 Å². The van der Waals surface area contributed by atoms with Gasteiger partial charge in [0.25, 0.3) is 0 Å². The summed E-state index contributed by atoms with van der Waals surface area (Å²) in [5, 5.41) is 45.7. The van der Waals surface area contributed by atoms with Gasteiger partial charge >= 0.3 is 0 Å². The summed E-state index contributed by atoms with van der Waals surface area (Å²) in [5.74, 6) is -0.346. The molecule has 0 aliphatic rings. The number of carbonyl (C=O) groups is 1. The van der Waals surface area contributed by atoms with Gasteiger partial charge in [0, 0.05) is 18.2 Å². The Hall–Kier alpha value is -3.39. The lowest BCUT2D eigenvalue weighted by Gasteiger charge is -2.28. The third-order valence-electron chi connectivity index (χ3n) is 6.00. The number of phenolic OH excluding ortho intramolecular Hbond substituents is 2. The summed E-state index contributed by atoms with van der Waals surface area (Å²) in [6.45, 7) is 4.15. The Labute approximate surface area is 212 Å². The zero-order valence-corrected chi connectivity index (χ0v) is 20.8. The van der Waals surface area contributed by atoms with Gasteiger partial charge in [-0.05, 0) is 61.1 Å². The molecule has 0 heterocycles. The Bertz CT molecular complexity index is 1110. The summed E-state index contributed by atoms with van der Waals surface area (Å²) < 4.78 is 0. The number of aliphatic hydroxyl groups excluding tert-OH is 2. The number of carbonyl (C=O) groups excluding carboxylic acids is 1. The van der Waals surface area contributed by atoms with Crippen molar-refractivity contribution in [3.8, 4) is 11.5 Å². The lowest BCUT2D eigenvalue weighted by Crippen LogP contribution is -2.43. The van der Waals surface area contributed by atoms with E-state index in [9.17, 15) is 25.2 Å². The number of rotatable bonds is 12. The molecule has 0 spiro atoms. The highest BCUT2D eigenvalue weighted by Gasteiger charge is 2.21. The molecule has 3 rings (SSSR count). The summed E-state index contributed by atoms with van der Waals surface area (Å²) >= 11 is 0. The topological polar surface area (TPSA) is 122 Å². The number of amides is 1. The number of aliphatic hydroxyl groups is 2. The van der Waals surface area contributed by atoms with Crippen molar-refractivity contribution in [3.05, 3.63) is 95.1 Å². The summed E-state index contributed by atoms with van der Waals surface area (Å²) in [6, 6.07) is 21.3. The maximum absolute atomic E-state index is 12.6. The first-order valence-electron chi connectivity index (χ1n) is 12.1. The highest BCUT2D eigenvalue weighted by atomic mass is 16.3. The lowest BCUT2D eigenvalue weighted by molar-refractivity contribution is -0.121. The van der Waals surface area contributed by atoms with Crippen LogP contribution < -0.4 is 10.6 Å². The van der Waals surface area contributed by atoms with Gasteiger partial charge in [-0.1, -0.05) is 54.6 Å². The van der Waals surface area contributed by atoms with E-state index in [1.54, 1.807) is 0 Å². The van der Waals surface area contributed by atoms with Crippen LogP contribution in [0.5, 0.6) is 11.5 Å². The van der Waals surface area contributed by atoms with Crippen LogP contribution in [0.1, 0.15) is 42.2 Å². The van der Waals surface area contributed by atoms with Gasteiger partial charge < -0.3 is 31.1 Å². The fourth-order valence-electron chi connectivity index (χ4n) is 4.25. The Morgan fingerprint density at radius 1 is 0.889 bits per heavy atom. The fraction of sp³-hybridized carbons (Fsp3) is 0.345. The molecule has 0 aliphatic carbocycles. The van der Waals surface area contributed by atoms with Crippen LogP contribution in [0.4, 0.5) is 0 Å². The summed E-state index contributed by atoms with van der Waals surface area (Å²) in [7, 11) is 0. The third-order valence-corrected chi connectivity index (χ3v) is 6.00. The van der Waals surface area contributed by atoms with Crippen molar-refractivity contribution in [2.75, 3.05) is 13.2 Å². The average molecular weight is 493 g/mol. The first-order valence-corrected chi connectivity index (χ1v) is 12.1. The monoisotopic (exact) mass is 492 g/mol. The fourth-order valence-corrected chi connectivity index (χ4v) is 4.25. The number of phenols is 2. The van der Waals surface area contributed by atoms with Gasteiger partial charge in [0.15, 0.2) is 0 Å². The van der Waals surface area contributed by atoms with Gasteiger partial charge in [-0.25, -0.2) is 0 Å². The Morgan fingerprint density at radius 3 is 2.19 bits per heavy atom. The Morgan fingerprint density at radius 2 is 1.53 bits per heavy atom. The van der Waals surface area contributed by atoms with Crippen molar-refractivity contribution >= 4 is 5.91 Å². The molecule has 0 saturated heterocycles. The van der Waals surface area contributed by atoms with E-state index in [1.165, 1.54) is 18.2 Å². The van der Waals surface area contributed by atoms with Gasteiger partial charge in [0.05, 0.1) is 25.2 Å². The molecular weight excluding hydrogens is 456 g/mol. The van der Waals surface area contributed by atoms with E-state index >= 15 is 0 Å². The van der Waals surface area contributed by atoms with Crippen molar-refractivity contribution < 1.29 is 25.2 Å². The van der Waals surface area contributed by atoms with E-state index in [2.05, 4.69) is 10.6 Å². The number of β-amino-alcohol motifs (C(OH)–C–C–N with tert-alkyl or cyclic N) is 1. The van der Waals surface area contributed by atoms with E-state index < -0.39 is 6.10 Å². The van der Waals surface area contributed by atoms with Crippen molar-refractivity contribution in [2.24, 2.45) is 0 Å². The normalized spacial score (nSPS) is 13.2. The van der Waals surface area contributed by atoms with Gasteiger partial charge in [-0.3, -0.25) is 4.79 Å². The highest BCUT2D eigenvalue weighted by molar-refractivity contribution is 5.79. The summed E-state index contributed by atoms with van der Waals surface area (Å²) in [6.07, 6.45) is 0.546. The lowest BCUT2D eigenvalue weighted by atomic mass is 9.93. The maximum Gasteiger partial charge on any atom is 0.224 e. The molecule has 0 fully saturated rings. The molecule has 1 amide bonds. The van der Waals surface area contributed by atoms with Crippen LogP contribution in [0.3, 0.4) is 0 Å². The van der Waals surface area contributed by atoms with Crippen LogP contribution in [-0.4, -0.2) is 51.1 Å². The van der Waals surface area contributed by atoms with Crippen LogP contribution in [-0.2, 0) is 24.1 Å². The maximum atomic E-state index is 12.6. The minimum absolute atomic E-state index is 0.102. The highest BCUT2D eigenvalue weighted by Crippen LogP contribution is 2.25. The smallest absolute Gasteiger partial charge is 0.224 e. The molecule has 0 saturated carbocycles. The zero-order valence-electron chi connectivity index (χ0n) is 20.8. The van der Waals surface area contributed by atoms with Gasteiger partial charge in [0.2, 0.25) is 5.91 Å².